The van der Waals surface area contributed by atoms with E-state index in [-0.39, 0.29) is 17.7 Å². The maximum Gasteiger partial charge on any atom is 0.409 e. The van der Waals surface area contributed by atoms with Crippen LogP contribution in [0, 0.1) is 0 Å². The number of benzene rings is 3. The van der Waals surface area contributed by atoms with Crippen LogP contribution in [-0.2, 0) is 10.2 Å². The molecular formula is C26H27N3O5. The Kier molecular flexibility index (Phi) is 5.91. The Bertz CT molecular complexity index is 1290. The zero-order chi connectivity index (χ0) is 24.6. The molecule has 8 heteroatoms. The number of urea groups is 1. The van der Waals surface area contributed by atoms with Gasteiger partial charge in [0.1, 0.15) is 5.75 Å². The molecule has 4 amide bonds. The van der Waals surface area contributed by atoms with E-state index >= 15 is 0 Å². The lowest BCUT2D eigenvalue weighted by molar-refractivity contribution is -0.118. The third-order valence-corrected chi connectivity index (χ3v) is 5.81. The molecule has 0 radical (unpaired) electrons. The van der Waals surface area contributed by atoms with Crippen LogP contribution >= 0.6 is 0 Å². The van der Waals surface area contributed by atoms with Gasteiger partial charge >= 0.3 is 12.1 Å². The molecule has 1 heterocycles. The summed E-state index contributed by atoms with van der Waals surface area (Å²) in [6, 6.07) is 14.3. The molecule has 3 aromatic carbocycles. The topological polar surface area (TPSA) is 108 Å². The van der Waals surface area contributed by atoms with Crippen LogP contribution in [0.4, 0.5) is 21.0 Å². The number of hydrogen-bond donors (Lipinski definition) is 3. The number of rotatable bonds is 4. The zero-order valence-corrected chi connectivity index (χ0v) is 19.6. The van der Waals surface area contributed by atoms with Crippen LogP contribution in [0.25, 0.3) is 21.9 Å². The van der Waals surface area contributed by atoms with Crippen molar-refractivity contribution in [1.82, 2.24) is 5.32 Å². The lowest BCUT2D eigenvalue weighted by atomic mass is 9.83. The molecule has 1 fully saturated rings. The molecule has 1 aliphatic rings. The molecule has 34 heavy (non-hydrogen) atoms. The van der Waals surface area contributed by atoms with E-state index in [1.54, 1.807) is 25.3 Å². The highest BCUT2D eigenvalue weighted by molar-refractivity contribution is 6.16. The molecule has 0 aliphatic carbocycles. The van der Waals surface area contributed by atoms with Crippen LogP contribution < -0.4 is 20.3 Å². The normalized spacial score (nSPS) is 14.2. The summed E-state index contributed by atoms with van der Waals surface area (Å²) >= 11 is 0. The lowest BCUT2D eigenvalue weighted by Crippen LogP contribution is -2.50. The predicted molar refractivity (Wildman–Crippen MR) is 132 cm³/mol. The minimum absolute atomic E-state index is 0.237. The van der Waals surface area contributed by atoms with Crippen molar-refractivity contribution in [3.8, 4) is 16.9 Å². The summed E-state index contributed by atoms with van der Waals surface area (Å²) in [5.74, 6) is 0.418. The van der Waals surface area contributed by atoms with Gasteiger partial charge in [-0.1, -0.05) is 39.0 Å². The molecule has 8 nitrogen and oxygen atoms in total. The van der Waals surface area contributed by atoms with Gasteiger partial charge in [-0.25, -0.2) is 14.5 Å². The van der Waals surface area contributed by atoms with Gasteiger partial charge in [0.15, 0.2) is 0 Å². The first-order valence-corrected chi connectivity index (χ1v) is 11.0. The van der Waals surface area contributed by atoms with Gasteiger partial charge in [0.05, 0.1) is 12.8 Å². The highest BCUT2D eigenvalue weighted by atomic mass is 16.5. The van der Waals surface area contributed by atoms with E-state index in [0.29, 0.717) is 23.7 Å². The predicted octanol–water partition coefficient (Wildman–Crippen LogP) is 5.35. The maximum absolute atomic E-state index is 12.6. The monoisotopic (exact) mass is 461 g/mol. The summed E-state index contributed by atoms with van der Waals surface area (Å²) in [6.07, 6.45) is -0.885. The number of carbonyl (C=O) groups is 3. The van der Waals surface area contributed by atoms with Crippen molar-refractivity contribution >= 4 is 40.2 Å². The van der Waals surface area contributed by atoms with Crippen molar-refractivity contribution in [3.05, 3.63) is 54.1 Å². The molecule has 0 unspecified atom stereocenters. The summed E-state index contributed by atoms with van der Waals surface area (Å²) in [7, 11) is 1.61. The Labute approximate surface area is 197 Å². The Morgan fingerprint density at radius 2 is 1.76 bits per heavy atom. The highest BCUT2D eigenvalue weighted by Crippen LogP contribution is 2.43. The molecule has 0 atom stereocenters. The van der Waals surface area contributed by atoms with E-state index in [1.807, 2.05) is 51.1 Å². The Morgan fingerprint density at radius 3 is 2.41 bits per heavy atom. The summed E-state index contributed by atoms with van der Waals surface area (Å²) < 4.78 is 5.85. The van der Waals surface area contributed by atoms with Crippen molar-refractivity contribution in [2.45, 2.75) is 32.6 Å². The summed E-state index contributed by atoms with van der Waals surface area (Å²) in [4.78, 5) is 37.3. The fraction of sp³-hybridized carbons (Fsp3) is 0.269. The van der Waals surface area contributed by atoms with E-state index in [9.17, 15) is 14.4 Å². The van der Waals surface area contributed by atoms with Gasteiger partial charge in [-0.2, -0.15) is 0 Å². The van der Waals surface area contributed by atoms with Crippen LogP contribution in [0.15, 0.2) is 48.5 Å². The molecule has 3 aromatic rings. The number of carbonyl (C=O) groups excluding carboxylic acids is 2. The third kappa shape index (κ3) is 4.39. The lowest BCUT2D eigenvalue weighted by Gasteiger charge is -2.30. The van der Waals surface area contributed by atoms with Gasteiger partial charge in [0.25, 0.3) is 0 Å². The number of nitrogens with one attached hydrogen (secondary N) is 2. The second-order valence-corrected chi connectivity index (χ2v) is 9.24. The molecule has 0 spiro atoms. The van der Waals surface area contributed by atoms with Crippen molar-refractivity contribution < 1.29 is 24.2 Å². The van der Waals surface area contributed by atoms with Crippen LogP contribution in [-0.4, -0.2) is 36.8 Å². The Morgan fingerprint density at radius 1 is 1.06 bits per heavy atom. The van der Waals surface area contributed by atoms with Gasteiger partial charge in [0, 0.05) is 29.8 Å². The molecule has 176 valence electrons. The number of anilines is 2. The number of carboxylic acid groups (broad SMARTS) is 1. The molecular weight excluding hydrogens is 434 g/mol. The fourth-order valence-electron chi connectivity index (χ4n) is 4.19. The van der Waals surface area contributed by atoms with Crippen LogP contribution in [0.3, 0.4) is 0 Å². The summed E-state index contributed by atoms with van der Waals surface area (Å²) in [6.45, 7) is 6.47. The van der Waals surface area contributed by atoms with E-state index in [2.05, 4.69) is 10.6 Å². The van der Waals surface area contributed by atoms with Crippen molar-refractivity contribution in [2.75, 3.05) is 23.9 Å². The van der Waals surface area contributed by atoms with Crippen molar-refractivity contribution in [1.29, 1.82) is 0 Å². The second kappa shape index (κ2) is 8.70. The smallest absolute Gasteiger partial charge is 0.409 e. The van der Waals surface area contributed by atoms with E-state index < -0.39 is 12.1 Å². The number of ether oxygens (including phenoxy) is 1. The van der Waals surface area contributed by atoms with E-state index in [4.69, 9.17) is 9.84 Å². The highest BCUT2D eigenvalue weighted by Gasteiger charge is 2.31. The first-order valence-electron chi connectivity index (χ1n) is 11.0. The molecule has 1 aliphatic heterocycles. The SMILES string of the molecule is COc1c(-c2ccc3cc(NC(=O)O)ccc3c2)cc(N2C(=O)CCNC2=O)cc1C(C)(C)C. The van der Waals surface area contributed by atoms with Crippen molar-refractivity contribution in [3.63, 3.8) is 0 Å². The molecule has 0 aromatic heterocycles. The number of hydrogen-bond acceptors (Lipinski definition) is 4. The third-order valence-electron chi connectivity index (χ3n) is 5.81. The Hall–Kier alpha value is -4.07. The van der Waals surface area contributed by atoms with Gasteiger partial charge in [0.2, 0.25) is 5.91 Å². The first kappa shape index (κ1) is 23.1. The quantitative estimate of drug-likeness (QED) is 0.485. The number of imide groups is 1. The average Bonchev–Trinajstić information content (AvgIpc) is 2.77. The Balaban J connectivity index is 1.90. The molecule has 0 saturated carbocycles. The zero-order valence-electron chi connectivity index (χ0n) is 19.6. The van der Waals surface area contributed by atoms with E-state index in [0.717, 1.165) is 27.5 Å². The van der Waals surface area contributed by atoms with Gasteiger partial charge in [-0.15, -0.1) is 0 Å². The number of nitrogens with zero attached hydrogens (tertiary/aromatic N) is 1. The second-order valence-electron chi connectivity index (χ2n) is 9.24. The summed E-state index contributed by atoms with van der Waals surface area (Å²) in [5.41, 5.74) is 3.13. The molecule has 0 bridgehead atoms. The largest absolute Gasteiger partial charge is 0.496 e. The first-order chi connectivity index (χ1) is 16.1. The minimum atomic E-state index is -1.12. The maximum atomic E-state index is 12.6. The average molecular weight is 462 g/mol. The van der Waals surface area contributed by atoms with E-state index in [1.165, 1.54) is 4.90 Å². The summed E-state index contributed by atoms with van der Waals surface area (Å²) in [5, 5.41) is 15.8. The van der Waals surface area contributed by atoms with Crippen LogP contribution in [0.2, 0.25) is 0 Å². The van der Waals surface area contributed by atoms with Crippen LogP contribution in [0.1, 0.15) is 32.8 Å². The number of methoxy groups -OCH3 is 1. The standard InChI is InChI=1S/C26H27N3O5/c1-26(2,3)21-14-19(29-22(30)9-10-27-24(29)31)13-20(23(21)34-4)17-6-5-16-12-18(28-25(32)33)8-7-15(16)11-17/h5-8,11-14,28H,9-10H2,1-4H3,(H,27,31)(H,32,33). The molecule has 1 saturated heterocycles. The molecule has 4 rings (SSSR count). The van der Waals surface area contributed by atoms with Crippen LogP contribution in [0.5, 0.6) is 5.75 Å². The fourth-order valence-corrected chi connectivity index (χ4v) is 4.19. The number of fused-ring (bicyclic) bond motifs is 1. The van der Waals surface area contributed by atoms with Gasteiger partial charge < -0.3 is 15.2 Å². The minimum Gasteiger partial charge on any atom is -0.496 e. The molecule has 3 N–H and O–H groups in total. The van der Waals surface area contributed by atoms with Crippen molar-refractivity contribution in [2.24, 2.45) is 0 Å². The number of amides is 4. The van der Waals surface area contributed by atoms with Gasteiger partial charge in [-0.3, -0.25) is 10.1 Å². The van der Waals surface area contributed by atoms with Gasteiger partial charge in [-0.05, 0) is 52.1 Å².